The van der Waals surface area contributed by atoms with Crippen molar-refractivity contribution in [3.8, 4) is 6.07 Å². The molecule has 0 atom stereocenters. The zero-order chi connectivity index (χ0) is 15.9. The molecule has 114 valence electrons. The number of hydrogen-bond donors (Lipinski definition) is 0. The molecule has 0 heterocycles. The number of amides is 1. The second-order valence-corrected chi connectivity index (χ2v) is 7.35. The smallest absolute Gasteiger partial charge is 0.242 e. The van der Waals surface area contributed by atoms with Crippen LogP contribution in [0.4, 0.5) is 5.69 Å². The molecule has 0 saturated heterocycles. The third-order valence-electron chi connectivity index (χ3n) is 2.75. The number of carbonyl (C=O) groups excluding carboxylic acids is 1. The van der Waals surface area contributed by atoms with Crippen molar-refractivity contribution in [1.82, 2.24) is 0 Å². The molecule has 1 amide bonds. The second kappa shape index (κ2) is 7.79. The standard InChI is InChI=1S/C15H20N2O3S/c1-13(2)11-21(19,20)12-15(18)17(10-6-9-16)14-7-4-3-5-8-14/h3-5,7-8,13H,6,10-12H2,1-2H3. The summed E-state index contributed by atoms with van der Waals surface area (Å²) in [6, 6.07) is 10.8. The van der Waals surface area contributed by atoms with E-state index in [1.807, 2.05) is 12.1 Å². The van der Waals surface area contributed by atoms with E-state index in [9.17, 15) is 13.2 Å². The third-order valence-corrected chi connectivity index (χ3v) is 4.61. The maximum Gasteiger partial charge on any atom is 0.242 e. The number of rotatable bonds is 7. The Morgan fingerprint density at radius 3 is 2.43 bits per heavy atom. The van der Waals surface area contributed by atoms with Gasteiger partial charge in [-0.2, -0.15) is 5.26 Å². The van der Waals surface area contributed by atoms with Crippen molar-refractivity contribution >= 4 is 21.4 Å². The van der Waals surface area contributed by atoms with E-state index < -0.39 is 21.5 Å². The van der Waals surface area contributed by atoms with E-state index in [2.05, 4.69) is 0 Å². The minimum Gasteiger partial charge on any atom is -0.311 e. The van der Waals surface area contributed by atoms with Gasteiger partial charge in [0.1, 0.15) is 5.75 Å². The molecule has 0 aromatic heterocycles. The molecule has 0 aliphatic carbocycles. The molecular weight excluding hydrogens is 288 g/mol. The number of anilines is 1. The Hall–Kier alpha value is -1.87. The first-order valence-electron chi connectivity index (χ1n) is 6.78. The Kier molecular flexibility index (Phi) is 6.38. The summed E-state index contributed by atoms with van der Waals surface area (Å²) in [7, 11) is -3.43. The summed E-state index contributed by atoms with van der Waals surface area (Å²) >= 11 is 0. The lowest BCUT2D eigenvalue weighted by atomic mass is 10.2. The van der Waals surface area contributed by atoms with Gasteiger partial charge in [-0.3, -0.25) is 4.79 Å². The molecule has 0 aliphatic rings. The van der Waals surface area contributed by atoms with Crippen LogP contribution in [0.1, 0.15) is 20.3 Å². The van der Waals surface area contributed by atoms with Gasteiger partial charge in [-0.1, -0.05) is 32.0 Å². The van der Waals surface area contributed by atoms with Gasteiger partial charge in [-0.05, 0) is 18.1 Å². The molecule has 1 aromatic carbocycles. The second-order valence-electron chi connectivity index (χ2n) is 5.24. The summed E-state index contributed by atoms with van der Waals surface area (Å²) in [5.74, 6) is -1.05. The van der Waals surface area contributed by atoms with Crippen LogP contribution in [0, 0.1) is 17.2 Å². The van der Waals surface area contributed by atoms with Crippen LogP contribution in [0.15, 0.2) is 30.3 Å². The zero-order valence-electron chi connectivity index (χ0n) is 12.3. The molecular formula is C15H20N2O3S. The van der Waals surface area contributed by atoms with E-state index in [0.717, 1.165) is 0 Å². The number of para-hydroxylation sites is 1. The molecule has 0 radical (unpaired) electrons. The van der Waals surface area contributed by atoms with Crippen LogP contribution in [-0.2, 0) is 14.6 Å². The van der Waals surface area contributed by atoms with Gasteiger partial charge in [-0.25, -0.2) is 8.42 Å². The predicted octanol–water partition coefficient (Wildman–Crippen LogP) is 2.00. The Balaban J connectivity index is 2.89. The molecule has 5 nitrogen and oxygen atoms in total. The van der Waals surface area contributed by atoms with Crippen molar-refractivity contribution in [3.05, 3.63) is 30.3 Å². The molecule has 0 bridgehead atoms. The fourth-order valence-corrected chi connectivity index (χ4v) is 3.67. The largest absolute Gasteiger partial charge is 0.311 e. The normalized spacial score (nSPS) is 11.1. The Labute approximate surface area is 126 Å². The van der Waals surface area contributed by atoms with Gasteiger partial charge in [0.2, 0.25) is 5.91 Å². The van der Waals surface area contributed by atoms with Gasteiger partial charge < -0.3 is 4.90 Å². The molecule has 0 aliphatic heterocycles. The van der Waals surface area contributed by atoms with E-state index >= 15 is 0 Å². The van der Waals surface area contributed by atoms with Crippen molar-refractivity contribution in [2.24, 2.45) is 5.92 Å². The highest BCUT2D eigenvalue weighted by Gasteiger charge is 2.23. The summed E-state index contributed by atoms with van der Waals surface area (Å²) in [5, 5.41) is 8.69. The van der Waals surface area contributed by atoms with Gasteiger partial charge in [-0.15, -0.1) is 0 Å². The fourth-order valence-electron chi connectivity index (χ4n) is 2.00. The highest BCUT2D eigenvalue weighted by molar-refractivity contribution is 7.92. The first kappa shape index (κ1) is 17.2. The van der Waals surface area contributed by atoms with Crippen molar-refractivity contribution in [2.45, 2.75) is 20.3 Å². The molecule has 6 heteroatoms. The van der Waals surface area contributed by atoms with Crippen molar-refractivity contribution in [1.29, 1.82) is 5.26 Å². The molecule has 0 fully saturated rings. The molecule has 21 heavy (non-hydrogen) atoms. The van der Waals surface area contributed by atoms with Crippen LogP contribution in [0.5, 0.6) is 0 Å². The van der Waals surface area contributed by atoms with Crippen LogP contribution >= 0.6 is 0 Å². The van der Waals surface area contributed by atoms with E-state index in [0.29, 0.717) is 5.69 Å². The lowest BCUT2D eigenvalue weighted by Crippen LogP contribution is -2.37. The number of benzene rings is 1. The Morgan fingerprint density at radius 1 is 1.29 bits per heavy atom. The van der Waals surface area contributed by atoms with E-state index in [1.54, 1.807) is 38.1 Å². The number of hydrogen-bond acceptors (Lipinski definition) is 4. The molecule has 0 N–H and O–H groups in total. The van der Waals surface area contributed by atoms with Gasteiger partial charge in [0.15, 0.2) is 9.84 Å². The first-order valence-corrected chi connectivity index (χ1v) is 8.60. The minimum absolute atomic E-state index is 0.0143. The number of carbonyl (C=O) groups is 1. The summed E-state index contributed by atoms with van der Waals surface area (Å²) in [5.41, 5.74) is 0.609. The SMILES string of the molecule is CC(C)CS(=O)(=O)CC(=O)N(CCC#N)c1ccccc1. The summed E-state index contributed by atoms with van der Waals surface area (Å²) in [6.45, 7) is 3.79. The zero-order valence-corrected chi connectivity index (χ0v) is 13.1. The van der Waals surface area contributed by atoms with Crippen LogP contribution < -0.4 is 4.90 Å². The van der Waals surface area contributed by atoms with E-state index in [1.165, 1.54) is 4.90 Å². The van der Waals surface area contributed by atoms with Crippen LogP contribution in [0.25, 0.3) is 0 Å². The molecule has 0 saturated carbocycles. The molecule has 1 rings (SSSR count). The fraction of sp³-hybridized carbons (Fsp3) is 0.467. The Bertz CT molecular complexity index is 604. The van der Waals surface area contributed by atoms with E-state index in [-0.39, 0.29) is 24.6 Å². The maximum atomic E-state index is 12.3. The summed E-state index contributed by atoms with van der Waals surface area (Å²) < 4.78 is 23.9. The number of nitriles is 1. The lowest BCUT2D eigenvalue weighted by Gasteiger charge is -2.22. The van der Waals surface area contributed by atoms with Gasteiger partial charge >= 0.3 is 0 Å². The van der Waals surface area contributed by atoms with Gasteiger partial charge in [0, 0.05) is 12.2 Å². The van der Waals surface area contributed by atoms with Crippen LogP contribution in [0.3, 0.4) is 0 Å². The molecule has 0 unspecified atom stereocenters. The minimum atomic E-state index is -3.43. The summed E-state index contributed by atoms with van der Waals surface area (Å²) in [6.07, 6.45) is 0.158. The van der Waals surface area contributed by atoms with Gasteiger partial charge in [0.25, 0.3) is 0 Å². The quantitative estimate of drug-likeness (QED) is 0.772. The Morgan fingerprint density at radius 2 is 1.90 bits per heavy atom. The monoisotopic (exact) mass is 308 g/mol. The summed E-state index contributed by atoms with van der Waals surface area (Å²) in [4.78, 5) is 13.6. The number of nitrogens with zero attached hydrogens (tertiary/aromatic N) is 2. The lowest BCUT2D eigenvalue weighted by molar-refractivity contribution is -0.116. The maximum absolute atomic E-state index is 12.3. The molecule has 0 spiro atoms. The topological polar surface area (TPSA) is 78.2 Å². The van der Waals surface area contributed by atoms with Crippen LogP contribution in [0.2, 0.25) is 0 Å². The third kappa shape index (κ3) is 5.96. The van der Waals surface area contributed by atoms with Crippen molar-refractivity contribution < 1.29 is 13.2 Å². The van der Waals surface area contributed by atoms with Crippen LogP contribution in [-0.4, -0.2) is 32.4 Å². The molecule has 1 aromatic rings. The predicted molar refractivity (Wildman–Crippen MR) is 82.5 cm³/mol. The van der Waals surface area contributed by atoms with E-state index in [4.69, 9.17) is 5.26 Å². The first-order chi connectivity index (χ1) is 9.85. The number of sulfone groups is 1. The highest BCUT2D eigenvalue weighted by Crippen LogP contribution is 2.15. The average Bonchev–Trinajstić information content (AvgIpc) is 2.38. The highest BCUT2D eigenvalue weighted by atomic mass is 32.2. The average molecular weight is 308 g/mol. The van der Waals surface area contributed by atoms with Gasteiger partial charge in [0.05, 0.1) is 18.2 Å². The van der Waals surface area contributed by atoms with Crippen molar-refractivity contribution in [2.75, 3.05) is 23.0 Å². The van der Waals surface area contributed by atoms with Crippen molar-refractivity contribution in [3.63, 3.8) is 0 Å².